The molecule has 3 aliphatic heterocycles. The second kappa shape index (κ2) is 16.5. The third-order valence-corrected chi connectivity index (χ3v) is 7.79. The van der Waals surface area contributed by atoms with Gasteiger partial charge in [-0.1, -0.05) is 6.58 Å². The largest absolute Gasteiger partial charge is 0.494 e. The van der Waals surface area contributed by atoms with Gasteiger partial charge in [0.2, 0.25) is 0 Å². The minimum absolute atomic E-state index is 0.225. The zero-order valence-corrected chi connectivity index (χ0v) is 25.3. The standard InChI is InChI=1S/C34H40O11/c1-2-29(35)39-19-7-4-3-6-18-38-25-14-10-23(11-15-25)33(36)43-26-16-12-24(13-17-26)34(37)45-28-22-42-31-27(21-41-32(28)31)44-30-9-5-8-20-40-30/h2,10-17,27-28,30-32H,1,3-9,18-22H2/t27-,28+,30?,31-,32-/m1/s1. The highest BCUT2D eigenvalue weighted by molar-refractivity contribution is 5.92. The molecule has 3 heterocycles. The number of carbonyl (C=O) groups is 3. The van der Waals surface area contributed by atoms with Crippen molar-refractivity contribution < 1.29 is 52.3 Å². The van der Waals surface area contributed by atoms with Crippen molar-refractivity contribution >= 4 is 17.9 Å². The van der Waals surface area contributed by atoms with Crippen molar-refractivity contribution in [1.29, 1.82) is 0 Å². The number of hydrogen-bond donors (Lipinski definition) is 0. The molecular weight excluding hydrogens is 584 g/mol. The van der Waals surface area contributed by atoms with E-state index in [1.807, 2.05) is 0 Å². The molecule has 0 aromatic heterocycles. The third-order valence-electron chi connectivity index (χ3n) is 7.79. The minimum atomic E-state index is -0.548. The predicted molar refractivity (Wildman–Crippen MR) is 160 cm³/mol. The Morgan fingerprint density at radius 1 is 0.756 bits per heavy atom. The Bertz CT molecular complexity index is 1270. The molecule has 1 unspecified atom stereocenters. The van der Waals surface area contributed by atoms with Crippen LogP contribution in [-0.4, -0.2) is 81.6 Å². The van der Waals surface area contributed by atoms with E-state index in [1.165, 1.54) is 0 Å². The molecule has 0 bridgehead atoms. The lowest BCUT2D eigenvalue weighted by molar-refractivity contribution is -0.202. The second-order valence-corrected chi connectivity index (χ2v) is 11.1. The molecule has 5 rings (SSSR count). The van der Waals surface area contributed by atoms with Crippen molar-refractivity contribution in [2.24, 2.45) is 0 Å². The van der Waals surface area contributed by atoms with Crippen LogP contribution in [0.3, 0.4) is 0 Å². The van der Waals surface area contributed by atoms with Crippen LogP contribution in [-0.2, 0) is 33.2 Å². The zero-order valence-electron chi connectivity index (χ0n) is 25.3. The lowest BCUT2D eigenvalue weighted by Gasteiger charge is -2.27. The Hall–Kier alpha value is -3.77. The molecular formula is C34H40O11. The first-order chi connectivity index (χ1) is 22.0. The van der Waals surface area contributed by atoms with Crippen molar-refractivity contribution in [2.75, 3.05) is 33.0 Å². The smallest absolute Gasteiger partial charge is 0.343 e. The van der Waals surface area contributed by atoms with Gasteiger partial charge in [-0.25, -0.2) is 14.4 Å². The number of carbonyl (C=O) groups excluding carboxylic acids is 3. The highest BCUT2D eigenvalue weighted by Gasteiger charge is 2.50. The van der Waals surface area contributed by atoms with Gasteiger partial charge in [-0.15, -0.1) is 0 Å². The fraction of sp³-hybridized carbons (Fsp3) is 0.500. The first-order valence-electron chi connectivity index (χ1n) is 15.6. The van der Waals surface area contributed by atoms with Crippen molar-refractivity contribution in [3.63, 3.8) is 0 Å². The molecule has 2 aromatic carbocycles. The topological polar surface area (TPSA) is 125 Å². The maximum absolute atomic E-state index is 12.8. The van der Waals surface area contributed by atoms with Crippen LogP contribution in [0.4, 0.5) is 0 Å². The lowest BCUT2D eigenvalue weighted by Crippen LogP contribution is -2.38. The van der Waals surface area contributed by atoms with Gasteiger partial charge < -0.3 is 37.9 Å². The van der Waals surface area contributed by atoms with Crippen LogP contribution in [0.5, 0.6) is 11.5 Å². The number of ether oxygens (including phenoxy) is 8. The summed E-state index contributed by atoms with van der Waals surface area (Å²) in [7, 11) is 0. The van der Waals surface area contributed by atoms with Crippen LogP contribution in [0.1, 0.15) is 65.7 Å². The maximum Gasteiger partial charge on any atom is 0.343 e. The molecule has 11 nitrogen and oxygen atoms in total. The van der Waals surface area contributed by atoms with Crippen LogP contribution in [0.25, 0.3) is 0 Å². The average molecular weight is 625 g/mol. The van der Waals surface area contributed by atoms with Gasteiger partial charge in [0.25, 0.3) is 0 Å². The summed E-state index contributed by atoms with van der Waals surface area (Å²) in [5, 5.41) is 0. The number of rotatable bonds is 15. The van der Waals surface area contributed by atoms with E-state index in [2.05, 4.69) is 6.58 Å². The molecule has 3 fully saturated rings. The van der Waals surface area contributed by atoms with E-state index in [0.717, 1.165) is 51.0 Å². The van der Waals surface area contributed by atoms with Gasteiger partial charge in [-0.3, -0.25) is 0 Å². The fourth-order valence-electron chi connectivity index (χ4n) is 5.36. The summed E-state index contributed by atoms with van der Waals surface area (Å²) in [4.78, 5) is 36.5. The molecule has 45 heavy (non-hydrogen) atoms. The van der Waals surface area contributed by atoms with Crippen molar-refractivity contribution in [1.82, 2.24) is 0 Å². The molecule has 5 atom stereocenters. The summed E-state index contributed by atoms with van der Waals surface area (Å²) in [5.41, 5.74) is 0.682. The minimum Gasteiger partial charge on any atom is -0.494 e. The van der Waals surface area contributed by atoms with Gasteiger partial charge in [-0.05, 0) is 93.5 Å². The molecule has 0 aliphatic carbocycles. The maximum atomic E-state index is 12.8. The number of unbranched alkanes of at least 4 members (excludes halogenated alkanes) is 3. The molecule has 242 valence electrons. The number of esters is 3. The van der Waals surface area contributed by atoms with Gasteiger partial charge in [0.05, 0.1) is 37.6 Å². The lowest BCUT2D eigenvalue weighted by atomic mass is 10.1. The van der Waals surface area contributed by atoms with E-state index in [1.54, 1.807) is 48.5 Å². The van der Waals surface area contributed by atoms with Gasteiger partial charge in [-0.2, -0.15) is 0 Å². The first-order valence-corrected chi connectivity index (χ1v) is 15.6. The van der Waals surface area contributed by atoms with E-state index in [4.69, 9.17) is 37.9 Å². The molecule has 3 aliphatic rings. The van der Waals surface area contributed by atoms with Crippen molar-refractivity contribution in [3.8, 4) is 11.5 Å². The summed E-state index contributed by atoms with van der Waals surface area (Å²) in [5.74, 6) is -0.505. The van der Waals surface area contributed by atoms with Crippen LogP contribution >= 0.6 is 0 Å². The Balaban J connectivity index is 1.00. The van der Waals surface area contributed by atoms with E-state index < -0.39 is 30.1 Å². The summed E-state index contributed by atoms with van der Waals surface area (Å²) in [6, 6.07) is 12.9. The molecule has 0 saturated carbocycles. The van der Waals surface area contributed by atoms with E-state index in [-0.39, 0.29) is 25.1 Å². The Kier molecular flexibility index (Phi) is 12.0. The van der Waals surface area contributed by atoms with E-state index in [0.29, 0.717) is 49.1 Å². The molecule has 2 aromatic rings. The number of hydrogen-bond acceptors (Lipinski definition) is 11. The second-order valence-electron chi connectivity index (χ2n) is 11.1. The third kappa shape index (κ3) is 9.37. The zero-order chi connectivity index (χ0) is 31.4. The molecule has 0 amide bonds. The average Bonchev–Trinajstić information content (AvgIpc) is 3.66. The van der Waals surface area contributed by atoms with Gasteiger partial charge in [0.1, 0.15) is 29.8 Å². The van der Waals surface area contributed by atoms with E-state index in [9.17, 15) is 14.4 Å². The molecule has 0 radical (unpaired) electrons. The monoisotopic (exact) mass is 624 g/mol. The Morgan fingerprint density at radius 2 is 1.40 bits per heavy atom. The normalized spacial score (nSPS) is 24.0. The number of fused-ring (bicyclic) bond motifs is 1. The summed E-state index contributed by atoms with van der Waals surface area (Å²) < 4.78 is 45.3. The molecule has 0 N–H and O–H groups in total. The molecule has 11 heteroatoms. The van der Waals surface area contributed by atoms with Gasteiger partial charge in [0, 0.05) is 12.7 Å². The number of benzene rings is 2. The highest BCUT2D eigenvalue weighted by atomic mass is 16.7. The van der Waals surface area contributed by atoms with Crippen molar-refractivity contribution in [2.45, 2.75) is 75.7 Å². The summed E-state index contributed by atoms with van der Waals surface area (Å²) >= 11 is 0. The molecule has 0 spiro atoms. The summed E-state index contributed by atoms with van der Waals surface area (Å²) in [6.07, 6.45) is 5.87. The van der Waals surface area contributed by atoms with Crippen LogP contribution < -0.4 is 9.47 Å². The molecule has 3 saturated heterocycles. The fourth-order valence-corrected chi connectivity index (χ4v) is 5.36. The van der Waals surface area contributed by atoms with Crippen LogP contribution in [0.15, 0.2) is 61.2 Å². The Labute approximate surface area is 262 Å². The van der Waals surface area contributed by atoms with Crippen molar-refractivity contribution in [3.05, 3.63) is 72.3 Å². The predicted octanol–water partition coefficient (Wildman–Crippen LogP) is 4.81. The SMILES string of the molecule is C=CC(=O)OCCCCCCOc1ccc(C(=O)Oc2ccc(C(=O)O[C@H]3CO[C@H]4[C@@H]3OC[C@H]4OC3CCCCO3)cc2)cc1. The highest BCUT2D eigenvalue weighted by Crippen LogP contribution is 2.32. The van der Waals surface area contributed by atoms with Gasteiger partial charge in [0.15, 0.2) is 12.4 Å². The quantitative estimate of drug-likeness (QED) is 0.117. The summed E-state index contributed by atoms with van der Waals surface area (Å²) in [6.45, 7) is 5.57. The van der Waals surface area contributed by atoms with E-state index >= 15 is 0 Å². The Morgan fingerprint density at radius 3 is 2.09 bits per heavy atom. The van der Waals surface area contributed by atoms with Crippen LogP contribution in [0.2, 0.25) is 0 Å². The first kappa shape index (κ1) is 32.6. The van der Waals surface area contributed by atoms with Gasteiger partial charge >= 0.3 is 17.9 Å². The van der Waals surface area contributed by atoms with Crippen LogP contribution in [0, 0.1) is 0 Å².